The van der Waals surface area contributed by atoms with Crippen molar-refractivity contribution in [3.05, 3.63) is 95.6 Å². The topological polar surface area (TPSA) is 30.5 Å². The number of fused-ring (bicyclic) bond motifs is 3. The smallest absolute Gasteiger partial charge is 0.240 e. The van der Waals surface area contributed by atoms with Gasteiger partial charge in [0.2, 0.25) is 5.79 Å². The zero-order valence-corrected chi connectivity index (χ0v) is 13.8. The molecule has 0 aromatic heterocycles. The van der Waals surface area contributed by atoms with Gasteiger partial charge in [0.25, 0.3) is 0 Å². The van der Waals surface area contributed by atoms with Crippen LogP contribution in [0.25, 0.3) is 0 Å². The highest BCUT2D eigenvalue weighted by molar-refractivity contribution is 5.50. The monoisotopic (exact) mass is 329 g/mol. The number of benzene rings is 3. The Morgan fingerprint density at radius 3 is 2.52 bits per heavy atom. The van der Waals surface area contributed by atoms with E-state index >= 15 is 0 Å². The normalized spacial score (nSPS) is 23.6. The molecular weight excluding hydrogens is 310 g/mol. The predicted molar refractivity (Wildman–Crippen MR) is 97.4 cm³/mol. The lowest BCUT2D eigenvalue weighted by atomic mass is 9.89. The molecule has 5 rings (SSSR count). The van der Waals surface area contributed by atoms with Crippen LogP contribution in [-0.4, -0.2) is 0 Å². The fourth-order valence-electron chi connectivity index (χ4n) is 3.87. The van der Waals surface area contributed by atoms with Crippen LogP contribution in [0.15, 0.2) is 78.9 Å². The van der Waals surface area contributed by atoms with Crippen molar-refractivity contribution in [1.29, 1.82) is 0 Å². The zero-order valence-electron chi connectivity index (χ0n) is 13.8. The van der Waals surface area contributed by atoms with Crippen LogP contribution < -0.4 is 10.1 Å². The van der Waals surface area contributed by atoms with Crippen LogP contribution >= 0.6 is 0 Å². The van der Waals surface area contributed by atoms with Crippen molar-refractivity contribution >= 4 is 5.69 Å². The van der Waals surface area contributed by atoms with Gasteiger partial charge in [-0.3, -0.25) is 0 Å². The molecule has 3 aromatic carbocycles. The van der Waals surface area contributed by atoms with Crippen LogP contribution in [0.4, 0.5) is 5.69 Å². The lowest BCUT2D eigenvalue weighted by Crippen LogP contribution is -2.39. The van der Waals surface area contributed by atoms with E-state index in [4.69, 9.17) is 9.47 Å². The Hall–Kier alpha value is -2.78. The van der Waals surface area contributed by atoms with E-state index in [-0.39, 0.29) is 6.04 Å². The Morgan fingerprint density at radius 2 is 1.60 bits per heavy atom. The van der Waals surface area contributed by atoms with Gasteiger partial charge in [0, 0.05) is 23.2 Å². The Labute approximate surface area is 147 Å². The second-order valence-corrected chi connectivity index (χ2v) is 6.61. The van der Waals surface area contributed by atoms with E-state index in [1.807, 2.05) is 30.3 Å². The van der Waals surface area contributed by atoms with Crippen LogP contribution in [0.5, 0.6) is 5.75 Å². The Morgan fingerprint density at radius 1 is 0.840 bits per heavy atom. The second kappa shape index (κ2) is 5.64. The van der Waals surface area contributed by atoms with Crippen molar-refractivity contribution in [2.75, 3.05) is 5.32 Å². The first-order chi connectivity index (χ1) is 12.3. The number of hydrogen-bond acceptors (Lipinski definition) is 3. The highest BCUT2D eigenvalue weighted by Crippen LogP contribution is 2.50. The minimum Gasteiger partial charge on any atom is -0.458 e. The summed E-state index contributed by atoms with van der Waals surface area (Å²) in [5.74, 6) is 0.177. The Balaban J connectivity index is 1.58. The fourth-order valence-corrected chi connectivity index (χ4v) is 3.87. The van der Waals surface area contributed by atoms with Gasteiger partial charge in [0.1, 0.15) is 5.75 Å². The van der Waals surface area contributed by atoms with Crippen molar-refractivity contribution in [3.63, 3.8) is 0 Å². The van der Waals surface area contributed by atoms with E-state index in [1.54, 1.807) is 0 Å². The average Bonchev–Trinajstić information content (AvgIpc) is 3.01. The van der Waals surface area contributed by atoms with Crippen molar-refractivity contribution in [1.82, 2.24) is 0 Å². The summed E-state index contributed by atoms with van der Waals surface area (Å²) in [7, 11) is 0. The van der Waals surface area contributed by atoms with Crippen LogP contribution in [0.2, 0.25) is 0 Å². The molecule has 0 radical (unpaired) electrons. The van der Waals surface area contributed by atoms with Gasteiger partial charge in [0.15, 0.2) is 0 Å². The standard InChI is InChI=1S/C22H19NO2/c1-2-9-17(10-3-1)23-20-14-22(25-21-13-7-5-11-18(20)21)19-12-6-4-8-16(19)15-24-22/h1-13,20,23H,14-15H2/t20-,22+/m1/s1. The summed E-state index contributed by atoms with van der Waals surface area (Å²) in [5, 5.41) is 3.66. The lowest BCUT2D eigenvalue weighted by Gasteiger charge is -2.40. The third kappa shape index (κ3) is 2.39. The molecule has 2 atom stereocenters. The molecule has 3 nitrogen and oxygen atoms in total. The lowest BCUT2D eigenvalue weighted by molar-refractivity contribution is -0.196. The summed E-state index contributed by atoms with van der Waals surface area (Å²) in [4.78, 5) is 0. The van der Waals surface area contributed by atoms with Crippen LogP contribution in [0.3, 0.4) is 0 Å². The maximum atomic E-state index is 6.41. The van der Waals surface area contributed by atoms with E-state index in [9.17, 15) is 0 Å². The number of nitrogens with one attached hydrogen (secondary N) is 1. The molecule has 0 aliphatic carbocycles. The molecule has 0 bridgehead atoms. The Kier molecular flexibility index (Phi) is 3.28. The summed E-state index contributed by atoms with van der Waals surface area (Å²) in [6.45, 7) is 0.594. The molecule has 2 heterocycles. The molecule has 0 unspecified atom stereocenters. The van der Waals surface area contributed by atoms with E-state index in [0.717, 1.165) is 23.4 Å². The summed E-state index contributed by atoms with van der Waals surface area (Å²) < 4.78 is 12.6. The first-order valence-electron chi connectivity index (χ1n) is 8.66. The molecule has 3 heteroatoms. The molecule has 0 saturated carbocycles. The molecule has 2 aliphatic heterocycles. The van der Waals surface area contributed by atoms with E-state index in [0.29, 0.717) is 6.61 Å². The number of anilines is 1. The maximum Gasteiger partial charge on any atom is 0.240 e. The summed E-state index contributed by atoms with van der Waals surface area (Å²) >= 11 is 0. The van der Waals surface area contributed by atoms with Crippen LogP contribution in [-0.2, 0) is 17.1 Å². The molecule has 0 amide bonds. The predicted octanol–water partition coefficient (Wildman–Crippen LogP) is 5.01. The van der Waals surface area contributed by atoms with Gasteiger partial charge in [-0.25, -0.2) is 0 Å². The SMILES string of the molecule is c1ccc(N[C@@H]2C[C@]3(OCc4ccccc43)Oc3ccccc32)cc1. The van der Waals surface area contributed by atoms with Gasteiger partial charge in [0.05, 0.1) is 12.6 Å². The van der Waals surface area contributed by atoms with E-state index < -0.39 is 5.79 Å². The van der Waals surface area contributed by atoms with E-state index in [2.05, 4.69) is 53.8 Å². The summed E-state index contributed by atoms with van der Waals surface area (Å²) in [5.41, 5.74) is 4.63. The van der Waals surface area contributed by atoms with Crippen LogP contribution in [0, 0.1) is 0 Å². The highest BCUT2D eigenvalue weighted by atomic mass is 16.7. The first kappa shape index (κ1) is 14.6. The molecule has 2 aliphatic rings. The first-order valence-corrected chi connectivity index (χ1v) is 8.66. The maximum absolute atomic E-state index is 6.41. The van der Waals surface area contributed by atoms with Gasteiger partial charge in [-0.05, 0) is 23.8 Å². The fraction of sp³-hybridized carbons (Fsp3) is 0.182. The molecule has 124 valence electrons. The number of ether oxygens (including phenoxy) is 2. The molecule has 25 heavy (non-hydrogen) atoms. The van der Waals surface area contributed by atoms with Gasteiger partial charge < -0.3 is 14.8 Å². The van der Waals surface area contributed by atoms with Gasteiger partial charge >= 0.3 is 0 Å². The molecular formula is C22H19NO2. The summed E-state index contributed by atoms with van der Waals surface area (Å²) in [6, 6.07) is 27.0. The number of hydrogen-bond donors (Lipinski definition) is 1. The van der Waals surface area contributed by atoms with Crippen molar-refractivity contribution in [2.45, 2.75) is 24.9 Å². The van der Waals surface area contributed by atoms with Crippen molar-refractivity contribution in [2.24, 2.45) is 0 Å². The zero-order chi connectivity index (χ0) is 16.7. The van der Waals surface area contributed by atoms with Crippen molar-refractivity contribution < 1.29 is 9.47 Å². The van der Waals surface area contributed by atoms with E-state index in [1.165, 1.54) is 11.1 Å². The second-order valence-electron chi connectivity index (χ2n) is 6.61. The third-order valence-electron chi connectivity index (χ3n) is 5.05. The van der Waals surface area contributed by atoms with Crippen LogP contribution in [0.1, 0.15) is 29.2 Å². The van der Waals surface area contributed by atoms with Gasteiger partial charge in [-0.1, -0.05) is 60.7 Å². The quantitative estimate of drug-likeness (QED) is 0.717. The number of para-hydroxylation sites is 2. The molecule has 0 fully saturated rings. The minimum absolute atomic E-state index is 0.124. The molecule has 1 N–H and O–H groups in total. The minimum atomic E-state index is -0.711. The number of rotatable bonds is 2. The van der Waals surface area contributed by atoms with Gasteiger partial charge in [-0.15, -0.1) is 0 Å². The third-order valence-corrected chi connectivity index (χ3v) is 5.05. The molecule has 0 saturated heterocycles. The van der Waals surface area contributed by atoms with Crippen molar-refractivity contribution in [3.8, 4) is 5.75 Å². The molecule has 1 spiro atoms. The largest absolute Gasteiger partial charge is 0.458 e. The van der Waals surface area contributed by atoms with Gasteiger partial charge in [-0.2, -0.15) is 0 Å². The summed E-state index contributed by atoms with van der Waals surface area (Å²) in [6.07, 6.45) is 0.732. The average molecular weight is 329 g/mol. The molecule has 3 aromatic rings. The highest BCUT2D eigenvalue weighted by Gasteiger charge is 2.48. The Bertz CT molecular complexity index is 909.